The van der Waals surface area contributed by atoms with Crippen LogP contribution >= 0.6 is 15.9 Å². The molecule has 0 aromatic heterocycles. The normalized spacial score (nSPS) is 23.2. The molecule has 0 saturated heterocycles. The van der Waals surface area contributed by atoms with Gasteiger partial charge in [0.05, 0.1) is 6.04 Å². The van der Waals surface area contributed by atoms with Crippen LogP contribution in [-0.2, 0) is 0 Å². The molecule has 5 rings (SSSR count). The highest BCUT2D eigenvalue weighted by Gasteiger charge is 2.39. The number of para-hydroxylation sites is 1. The van der Waals surface area contributed by atoms with E-state index in [9.17, 15) is 0 Å². The van der Waals surface area contributed by atoms with Crippen molar-refractivity contribution in [1.29, 1.82) is 0 Å². The van der Waals surface area contributed by atoms with Crippen LogP contribution in [0.1, 0.15) is 29.5 Å². The lowest BCUT2D eigenvalue weighted by atomic mass is 9.76. The first-order valence-corrected chi connectivity index (χ1v) is 9.98. The maximum Gasteiger partial charge on any atom is 0.0565 e. The monoisotopic (exact) mass is 401 g/mol. The molecule has 0 spiro atoms. The van der Waals surface area contributed by atoms with E-state index in [0.717, 1.165) is 6.42 Å². The zero-order chi connectivity index (χ0) is 17.5. The Morgan fingerprint density at radius 1 is 0.808 bits per heavy atom. The Morgan fingerprint density at radius 2 is 1.58 bits per heavy atom. The summed E-state index contributed by atoms with van der Waals surface area (Å²) in [5, 5.41) is 3.92. The summed E-state index contributed by atoms with van der Waals surface area (Å²) < 4.78 is 1.18. The molecule has 128 valence electrons. The molecule has 0 fully saturated rings. The average Bonchev–Trinajstić information content (AvgIpc) is 3.18. The van der Waals surface area contributed by atoms with E-state index >= 15 is 0 Å². The number of anilines is 1. The minimum absolute atomic E-state index is 0.308. The molecule has 1 heterocycles. The third-order valence-corrected chi connectivity index (χ3v) is 6.44. The lowest BCUT2D eigenvalue weighted by Gasteiger charge is -2.39. The summed E-state index contributed by atoms with van der Waals surface area (Å²) in [6.07, 6.45) is 5.88. The Kier molecular flexibility index (Phi) is 3.94. The van der Waals surface area contributed by atoms with Gasteiger partial charge in [-0.05, 0) is 35.1 Å². The van der Waals surface area contributed by atoms with Crippen LogP contribution in [0.4, 0.5) is 5.69 Å². The number of hydrogen-bond acceptors (Lipinski definition) is 1. The Bertz CT molecular complexity index is 977. The molecule has 1 nitrogen and oxygen atoms in total. The van der Waals surface area contributed by atoms with E-state index in [2.05, 4.69) is 106 Å². The van der Waals surface area contributed by atoms with Crippen molar-refractivity contribution in [1.82, 2.24) is 0 Å². The van der Waals surface area contributed by atoms with E-state index in [1.807, 2.05) is 0 Å². The fourth-order valence-electron chi connectivity index (χ4n) is 4.51. The van der Waals surface area contributed by atoms with Gasteiger partial charge in [0.2, 0.25) is 0 Å². The molecule has 2 unspecified atom stereocenters. The molecule has 2 heteroatoms. The van der Waals surface area contributed by atoms with Gasteiger partial charge in [-0.25, -0.2) is 0 Å². The minimum Gasteiger partial charge on any atom is -0.377 e. The molecule has 26 heavy (non-hydrogen) atoms. The van der Waals surface area contributed by atoms with Crippen LogP contribution in [0.15, 0.2) is 89.4 Å². The van der Waals surface area contributed by atoms with Crippen LogP contribution < -0.4 is 5.32 Å². The number of halogens is 1. The van der Waals surface area contributed by atoms with Crippen molar-refractivity contribution in [2.75, 3.05) is 5.32 Å². The summed E-state index contributed by atoms with van der Waals surface area (Å²) in [7, 11) is 0. The highest BCUT2D eigenvalue weighted by atomic mass is 79.9. The predicted molar refractivity (Wildman–Crippen MR) is 112 cm³/mol. The molecule has 0 saturated carbocycles. The summed E-state index contributed by atoms with van der Waals surface area (Å²) >= 11 is 3.77. The summed E-state index contributed by atoms with van der Waals surface area (Å²) in [6, 6.07) is 26.3. The van der Waals surface area contributed by atoms with Gasteiger partial charge in [-0.3, -0.25) is 0 Å². The van der Waals surface area contributed by atoms with Crippen LogP contribution in [0, 0.1) is 5.92 Å². The van der Waals surface area contributed by atoms with E-state index < -0.39 is 0 Å². The summed E-state index contributed by atoms with van der Waals surface area (Å²) in [4.78, 5) is 0. The van der Waals surface area contributed by atoms with Crippen molar-refractivity contribution in [3.05, 3.63) is 101 Å². The van der Waals surface area contributed by atoms with Gasteiger partial charge in [-0.1, -0.05) is 94.8 Å². The van der Waals surface area contributed by atoms with Gasteiger partial charge in [0, 0.05) is 21.6 Å². The first-order valence-electron chi connectivity index (χ1n) is 9.19. The second kappa shape index (κ2) is 6.44. The summed E-state index contributed by atoms with van der Waals surface area (Å²) in [6.45, 7) is 0. The topological polar surface area (TPSA) is 12.0 Å². The number of nitrogens with one attached hydrogen (secondary N) is 1. The molecule has 3 aromatic carbocycles. The number of fused-ring (bicyclic) bond motifs is 3. The van der Waals surface area contributed by atoms with Gasteiger partial charge in [0.25, 0.3) is 0 Å². The van der Waals surface area contributed by atoms with Crippen LogP contribution in [0.5, 0.6) is 0 Å². The highest BCUT2D eigenvalue weighted by Crippen LogP contribution is 2.52. The summed E-state index contributed by atoms with van der Waals surface area (Å²) in [5.74, 6) is 1.04. The molecule has 1 aliphatic carbocycles. The van der Waals surface area contributed by atoms with Crippen molar-refractivity contribution in [3.8, 4) is 11.1 Å². The number of rotatable bonds is 2. The summed E-state index contributed by atoms with van der Waals surface area (Å²) in [5.41, 5.74) is 6.61. The molecule has 1 aliphatic heterocycles. The second-order valence-corrected chi connectivity index (χ2v) is 7.99. The lowest BCUT2D eigenvalue weighted by molar-refractivity contribution is 0.425. The third-order valence-electron chi connectivity index (χ3n) is 5.72. The molecular weight excluding hydrogens is 382 g/mol. The smallest absolute Gasteiger partial charge is 0.0565 e. The number of allylic oxidation sites excluding steroid dienone is 2. The molecule has 0 bridgehead atoms. The van der Waals surface area contributed by atoms with Gasteiger partial charge in [-0.2, -0.15) is 0 Å². The quantitative estimate of drug-likeness (QED) is 0.458. The minimum atomic E-state index is 0.308. The van der Waals surface area contributed by atoms with Crippen LogP contribution in [0.25, 0.3) is 11.1 Å². The molecule has 3 atom stereocenters. The van der Waals surface area contributed by atoms with E-state index in [1.54, 1.807) is 0 Å². The van der Waals surface area contributed by atoms with E-state index in [-0.39, 0.29) is 0 Å². The van der Waals surface area contributed by atoms with Crippen molar-refractivity contribution < 1.29 is 0 Å². The molecule has 3 aromatic rings. The molecule has 1 N–H and O–H groups in total. The first kappa shape index (κ1) is 15.9. The van der Waals surface area contributed by atoms with Crippen LogP contribution in [0.2, 0.25) is 0 Å². The molecule has 2 aliphatic rings. The highest BCUT2D eigenvalue weighted by molar-refractivity contribution is 9.10. The maximum absolute atomic E-state index is 3.92. The van der Waals surface area contributed by atoms with E-state index in [4.69, 9.17) is 0 Å². The van der Waals surface area contributed by atoms with Crippen molar-refractivity contribution in [3.63, 3.8) is 0 Å². The van der Waals surface area contributed by atoms with Crippen molar-refractivity contribution in [2.24, 2.45) is 5.92 Å². The zero-order valence-corrected chi connectivity index (χ0v) is 16.0. The standard InChI is InChI=1S/C24H20BrN/c25-22-15-5-4-10-21(22)24-20-14-7-12-18(20)19-13-6-11-17(23(19)26-24)16-8-2-1-3-9-16/h1-13,15,18,20,24,26H,14H2/t18?,20?,24-/m0/s1. The Labute approximate surface area is 162 Å². The van der Waals surface area contributed by atoms with Gasteiger partial charge in [0.15, 0.2) is 0 Å². The van der Waals surface area contributed by atoms with Crippen LogP contribution in [-0.4, -0.2) is 0 Å². The SMILES string of the molecule is Brc1ccccc1[C@H]1Nc2c(-c3ccccc3)cccc2C2C=CCC21. The molecule has 0 radical (unpaired) electrons. The molecule has 0 amide bonds. The zero-order valence-electron chi connectivity index (χ0n) is 14.4. The fraction of sp³-hybridized carbons (Fsp3) is 0.167. The third kappa shape index (κ3) is 2.52. The van der Waals surface area contributed by atoms with Crippen LogP contribution in [0.3, 0.4) is 0 Å². The van der Waals surface area contributed by atoms with Crippen molar-refractivity contribution in [2.45, 2.75) is 18.4 Å². The van der Waals surface area contributed by atoms with Gasteiger partial charge in [-0.15, -0.1) is 0 Å². The van der Waals surface area contributed by atoms with E-state index in [0.29, 0.717) is 17.9 Å². The first-order chi connectivity index (χ1) is 12.8. The fourth-order valence-corrected chi connectivity index (χ4v) is 5.05. The van der Waals surface area contributed by atoms with E-state index in [1.165, 1.54) is 32.4 Å². The van der Waals surface area contributed by atoms with Gasteiger partial charge >= 0.3 is 0 Å². The number of hydrogen-bond donors (Lipinski definition) is 1. The maximum atomic E-state index is 3.92. The lowest BCUT2D eigenvalue weighted by Crippen LogP contribution is -2.29. The molecular formula is C24H20BrN. The largest absolute Gasteiger partial charge is 0.377 e. The Morgan fingerprint density at radius 3 is 2.42 bits per heavy atom. The van der Waals surface area contributed by atoms with Gasteiger partial charge in [0.1, 0.15) is 0 Å². The Hall–Kier alpha value is -2.32. The number of benzene rings is 3. The van der Waals surface area contributed by atoms with Gasteiger partial charge < -0.3 is 5.32 Å². The predicted octanol–water partition coefficient (Wildman–Crippen LogP) is 6.94. The van der Waals surface area contributed by atoms with Crippen molar-refractivity contribution >= 4 is 21.6 Å². The average molecular weight is 402 g/mol. The second-order valence-electron chi connectivity index (χ2n) is 7.13. The Balaban J connectivity index is 1.68.